The highest BCUT2D eigenvalue weighted by Gasteiger charge is 2.29. The number of carbonyl (C=O) groups is 1. The van der Waals surface area contributed by atoms with Crippen LogP contribution in [0.5, 0.6) is 0 Å². The maximum absolute atomic E-state index is 12.2. The maximum atomic E-state index is 12.2. The highest BCUT2D eigenvalue weighted by molar-refractivity contribution is 5.79. The van der Waals surface area contributed by atoms with Crippen LogP contribution in [0.3, 0.4) is 0 Å². The van der Waals surface area contributed by atoms with Gasteiger partial charge in [-0.2, -0.15) is 0 Å². The fraction of sp³-hybridized carbons (Fsp3) is 0.562. The Morgan fingerprint density at radius 2 is 2.16 bits per heavy atom. The number of hydrogen-bond donors (Lipinski definition) is 2. The van der Waals surface area contributed by atoms with Crippen LogP contribution in [0.1, 0.15) is 25.0 Å². The molecule has 1 aromatic rings. The van der Waals surface area contributed by atoms with Crippen molar-refractivity contribution in [2.45, 2.75) is 33.2 Å². The second-order valence-corrected chi connectivity index (χ2v) is 5.78. The minimum absolute atomic E-state index is 0.124. The van der Waals surface area contributed by atoms with Crippen LogP contribution in [0, 0.1) is 18.8 Å². The van der Waals surface area contributed by atoms with E-state index in [-0.39, 0.29) is 17.9 Å². The fourth-order valence-electron chi connectivity index (χ4n) is 2.73. The van der Waals surface area contributed by atoms with E-state index in [2.05, 4.69) is 49.6 Å². The Morgan fingerprint density at radius 3 is 2.79 bits per heavy atom. The molecule has 0 aliphatic carbocycles. The van der Waals surface area contributed by atoms with Crippen LogP contribution in [0.4, 0.5) is 0 Å². The van der Waals surface area contributed by atoms with Crippen LogP contribution in [0.25, 0.3) is 0 Å². The molecule has 1 aliphatic rings. The van der Waals surface area contributed by atoms with Crippen molar-refractivity contribution in [1.29, 1.82) is 0 Å². The molecule has 3 heteroatoms. The number of carbonyl (C=O) groups excluding carboxylic acids is 1. The van der Waals surface area contributed by atoms with Gasteiger partial charge < -0.3 is 10.6 Å². The van der Waals surface area contributed by atoms with Crippen LogP contribution < -0.4 is 10.6 Å². The summed E-state index contributed by atoms with van der Waals surface area (Å²) in [6, 6.07) is 8.54. The highest BCUT2D eigenvalue weighted by atomic mass is 16.2. The summed E-state index contributed by atoms with van der Waals surface area (Å²) in [6.45, 7) is 8.09. The van der Waals surface area contributed by atoms with Crippen molar-refractivity contribution in [3.05, 3.63) is 35.4 Å². The number of benzene rings is 1. The molecular weight excluding hydrogens is 236 g/mol. The topological polar surface area (TPSA) is 41.1 Å². The van der Waals surface area contributed by atoms with Crippen molar-refractivity contribution in [3.63, 3.8) is 0 Å². The zero-order valence-corrected chi connectivity index (χ0v) is 12.1. The summed E-state index contributed by atoms with van der Waals surface area (Å²) in [7, 11) is 0. The molecule has 3 atom stereocenters. The third-order valence-electron chi connectivity index (χ3n) is 4.03. The van der Waals surface area contributed by atoms with E-state index in [0.29, 0.717) is 5.92 Å². The van der Waals surface area contributed by atoms with Crippen molar-refractivity contribution in [2.75, 3.05) is 13.1 Å². The van der Waals surface area contributed by atoms with E-state index in [9.17, 15) is 4.79 Å². The third kappa shape index (κ3) is 3.57. The Hall–Kier alpha value is -1.35. The monoisotopic (exact) mass is 260 g/mol. The Morgan fingerprint density at radius 1 is 1.42 bits per heavy atom. The van der Waals surface area contributed by atoms with Crippen LogP contribution in [-0.2, 0) is 11.2 Å². The Kier molecular flexibility index (Phi) is 4.59. The maximum Gasteiger partial charge on any atom is 0.224 e. The predicted octanol–water partition coefficient (Wildman–Crippen LogP) is 1.90. The summed E-state index contributed by atoms with van der Waals surface area (Å²) in [5.74, 6) is 0.753. The lowest BCUT2D eigenvalue weighted by Gasteiger charge is -2.19. The lowest BCUT2D eigenvalue weighted by atomic mass is 9.96. The molecule has 3 nitrogen and oxygen atoms in total. The average Bonchev–Trinajstić information content (AvgIpc) is 2.78. The van der Waals surface area contributed by atoms with Gasteiger partial charge >= 0.3 is 0 Å². The van der Waals surface area contributed by atoms with Gasteiger partial charge in [-0.1, -0.05) is 31.2 Å². The minimum Gasteiger partial charge on any atom is -0.353 e. The first-order valence-corrected chi connectivity index (χ1v) is 7.13. The average molecular weight is 260 g/mol. The van der Waals surface area contributed by atoms with Crippen LogP contribution in [-0.4, -0.2) is 25.0 Å². The Bertz CT molecular complexity index is 444. The van der Waals surface area contributed by atoms with Gasteiger partial charge in [-0.15, -0.1) is 0 Å². The molecule has 1 aliphatic heterocycles. The van der Waals surface area contributed by atoms with Gasteiger partial charge in [0.1, 0.15) is 0 Å². The fourth-order valence-corrected chi connectivity index (χ4v) is 2.73. The highest BCUT2D eigenvalue weighted by Crippen LogP contribution is 2.16. The number of nitrogens with one attached hydrogen (secondary N) is 2. The second kappa shape index (κ2) is 6.20. The van der Waals surface area contributed by atoms with E-state index in [4.69, 9.17) is 0 Å². The van der Waals surface area contributed by atoms with Gasteiger partial charge in [-0.05, 0) is 43.9 Å². The first-order valence-electron chi connectivity index (χ1n) is 7.13. The molecule has 3 unspecified atom stereocenters. The first-order chi connectivity index (χ1) is 9.08. The van der Waals surface area contributed by atoms with Crippen molar-refractivity contribution in [2.24, 2.45) is 11.8 Å². The lowest BCUT2D eigenvalue weighted by Crippen LogP contribution is -2.40. The minimum atomic E-state index is 0.124. The van der Waals surface area contributed by atoms with Crippen molar-refractivity contribution < 1.29 is 4.79 Å². The number of rotatable bonds is 4. The van der Waals surface area contributed by atoms with Gasteiger partial charge in [0.2, 0.25) is 5.91 Å². The van der Waals surface area contributed by atoms with Gasteiger partial charge in [-0.25, -0.2) is 0 Å². The van der Waals surface area contributed by atoms with E-state index in [1.165, 1.54) is 11.1 Å². The molecule has 19 heavy (non-hydrogen) atoms. The molecule has 1 fully saturated rings. The number of amides is 1. The van der Waals surface area contributed by atoms with Gasteiger partial charge in [-0.3, -0.25) is 4.79 Å². The molecule has 1 heterocycles. The van der Waals surface area contributed by atoms with E-state index >= 15 is 0 Å². The molecule has 1 aromatic carbocycles. The summed E-state index contributed by atoms with van der Waals surface area (Å²) in [4.78, 5) is 12.2. The zero-order valence-electron chi connectivity index (χ0n) is 12.1. The Balaban J connectivity index is 1.89. The van der Waals surface area contributed by atoms with Gasteiger partial charge in [0.15, 0.2) is 0 Å². The summed E-state index contributed by atoms with van der Waals surface area (Å²) < 4.78 is 0. The Labute approximate surface area is 115 Å². The molecule has 0 aromatic heterocycles. The lowest BCUT2D eigenvalue weighted by molar-refractivity contribution is -0.126. The smallest absolute Gasteiger partial charge is 0.224 e. The molecule has 2 rings (SSSR count). The van der Waals surface area contributed by atoms with E-state index < -0.39 is 0 Å². The standard InChI is InChI=1S/C16H24N2O/c1-11-6-4-5-7-14(11)8-13(3)18-16(19)15-10-17-9-12(15)2/h4-7,12-13,15,17H,8-10H2,1-3H3,(H,18,19). The first kappa shape index (κ1) is 14.1. The van der Waals surface area contributed by atoms with Gasteiger partial charge in [0, 0.05) is 12.6 Å². The zero-order chi connectivity index (χ0) is 13.8. The summed E-state index contributed by atoms with van der Waals surface area (Å²) in [5, 5.41) is 6.42. The summed E-state index contributed by atoms with van der Waals surface area (Å²) >= 11 is 0. The normalized spacial score (nSPS) is 24.2. The molecule has 1 saturated heterocycles. The van der Waals surface area contributed by atoms with Crippen molar-refractivity contribution in [3.8, 4) is 0 Å². The second-order valence-electron chi connectivity index (χ2n) is 5.78. The van der Waals surface area contributed by atoms with E-state index in [0.717, 1.165) is 19.5 Å². The largest absolute Gasteiger partial charge is 0.353 e. The van der Waals surface area contributed by atoms with Gasteiger partial charge in [0.25, 0.3) is 0 Å². The number of hydrogen-bond acceptors (Lipinski definition) is 2. The third-order valence-corrected chi connectivity index (χ3v) is 4.03. The molecule has 0 saturated carbocycles. The summed E-state index contributed by atoms with van der Waals surface area (Å²) in [6.07, 6.45) is 0.896. The van der Waals surface area contributed by atoms with Crippen LogP contribution >= 0.6 is 0 Å². The van der Waals surface area contributed by atoms with Crippen molar-refractivity contribution >= 4 is 5.91 Å². The molecular formula is C16H24N2O. The van der Waals surface area contributed by atoms with Crippen LogP contribution in [0.15, 0.2) is 24.3 Å². The van der Waals surface area contributed by atoms with Crippen molar-refractivity contribution in [1.82, 2.24) is 10.6 Å². The molecule has 104 valence electrons. The molecule has 0 radical (unpaired) electrons. The van der Waals surface area contributed by atoms with E-state index in [1.54, 1.807) is 0 Å². The predicted molar refractivity (Wildman–Crippen MR) is 78.0 cm³/mol. The SMILES string of the molecule is Cc1ccccc1CC(C)NC(=O)C1CNCC1C. The quantitative estimate of drug-likeness (QED) is 0.868. The molecule has 0 bridgehead atoms. The molecule has 2 N–H and O–H groups in total. The number of aryl methyl sites for hydroxylation is 1. The van der Waals surface area contributed by atoms with Crippen LogP contribution in [0.2, 0.25) is 0 Å². The van der Waals surface area contributed by atoms with Gasteiger partial charge in [0.05, 0.1) is 5.92 Å². The molecule has 0 spiro atoms. The van der Waals surface area contributed by atoms with E-state index in [1.807, 2.05) is 6.07 Å². The molecule has 1 amide bonds. The summed E-state index contributed by atoms with van der Waals surface area (Å²) in [5.41, 5.74) is 2.60.